The molecule has 2 aromatic rings. The number of fused-ring (bicyclic) bond motifs is 1. The van der Waals surface area contributed by atoms with Crippen LogP contribution < -0.4 is 11.3 Å². The Morgan fingerprint density at radius 2 is 2.11 bits per heavy atom. The van der Waals surface area contributed by atoms with Crippen molar-refractivity contribution < 1.29 is 4.74 Å². The van der Waals surface area contributed by atoms with Crippen LogP contribution in [-0.2, 0) is 4.74 Å². The lowest BCUT2D eigenvalue weighted by Crippen LogP contribution is -2.31. The molecule has 1 aliphatic heterocycles. The number of nitrogens with one attached hydrogen (secondary N) is 1. The number of hydrogen-bond acceptors (Lipinski definition) is 5. The molecule has 5 nitrogen and oxygen atoms in total. The summed E-state index contributed by atoms with van der Waals surface area (Å²) in [6.07, 6.45) is 5.52. The first-order chi connectivity index (χ1) is 9.38. The van der Waals surface area contributed by atoms with Crippen molar-refractivity contribution in [1.29, 1.82) is 0 Å². The molecule has 3 N–H and O–H groups in total. The summed E-state index contributed by atoms with van der Waals surface area (Å²) < 4.78 is 5.37. The molecule has 1 aromatic carbocycles. The number of benzene rings is 1. The fourth-order valence-corrected chi connectivity index (χ4v) is 2.29. The van der Waals surface area contributed by atoms with Gasteiger partial charge in [-0.3, -0.25) is 10.8 Å². The molecule has 0 saturated heterocycles. The normalized spacial score (nSPS) is 16.8. The molecule has 1 aliphatic rings. The quantitative estimate of drug-likeness (QED) is 0.647. The van der Waals surface area contributed by atoms with Crippen LogP contribution in [-0.4, -0.2) is 16.6 Å². The first-order valence-electron chi connectivity index (χ1n) is 6.37. The van der Waals surface area contributed by atoms with Crippen LogP contribution in [0.2, 0.25) is 0 Å². The Labute approximate surface area is 111 Å². The number of aromatic nitrogens is 2. The van der Waals surface area contributed by atoms with E-state index in [-0.39, 0.29) is 6.04 Å². The van der Waals surface area contributed by atoms with Gasteiger partial charge in [0.2, 0.25) is 0 Å². The van der Waals surface area contributed by atoms with Crippen molar-refractivity contribution in [3.05, 3.63) is 48.0 Å². The summed E-state index contributed by atoms with van der Waals surface area (Å²) in [6.45, 7) is 0.768. The molecule has 1 unspecified atom stereocenters. The predicted octanol–water partition coefficient (Wildman–Crippen LogP) is 1.83. The lowest BCUT2D eigenvalue weighted by atomic mass is 10.00. The highest BCUT2D eigenvalue weighted by Crippen LogP contribution is 2.26. The molecule has 0 amide bonds. The van der Waals surface area contributed by atoms with Gasteiger partial charge in [-0.05, 0) is 30.5 Å². The van der Waals surface area contributed by atoms with E-state index in [0.717, 1.165) is 41.7 Å². The Morgan fingerprint density at radius 1 is 1.26 bits per heavy atom. The molecule has 0 bridgehead atoms. The van der Waals surface area contributed by atoms with Gasteiger partial charge in [0.25, 0.3) is 0 Å². The molecule has 1 atom stereocenters. The largest absolute Gasteiger partial charge is 0.501 e. The van der Waals surface area contributed by atoms with Gasteiger partial charge < -0.3 is 4.74 Å². The van der Waals surface area contributed by atoms with Gasteiger partial charge in [-0.25, -0.2) is 10.4 Å². The van der Waals surface area contributed by atoms with E-state index in [1.807, 2.05) is 24.3 Å². The summed E-state index contributed by atoms with van der Waals surface area (Å²) in [5.41, 5.74) is 6.49. The second-order valence-corrected chi connectivity index (χ2v) is 4.55. The first-order valence-corrected chi connectivity index (χ1v) is 6.37. The van der Waals surface area contributed by atoms with E-state index in [2.05, 4.69) is 15.4 Å². The molecular weight excluding hydrogens is 240 g/mol. The number of para-hydroxylation sites is 2. The number of nitrogens with zero attached hydrogens (tertiary/aromatic N) is 2. The molecule has 0 fully saturated rings. The number of hydrazine groups is 1. The zero-order valence-corrected chi connectivity index (χ0v) is 10.5. The summed E-state index contributed by atoms with van der Waals surface area (Å²) in [6, 6.07) is 7.66. The molecule has 5 heteroatoms. The van der Waals surface area contributed by atoms with Crippen molar-refractivity contribution in [2.45, 2.75) is 18.9 Å². The zero-order valence-electron chi connectivity index (χ0n) is 10.5. The Balaban J connectivity index is 1.98. The second-order valence-electron chi connectivity index (χ2n) is 4.55. The third-order valence-corrected chi connectivity index (χ3v) is 3.26. The van der Waals surface area contributed by atoms with Gasteiger partial charge in [-0.2, -0.15) is 0 Å². The maximum atomic E-state index is 5.67. The minimum Gasteiger partial charge on any atom is -0.501 e. The number of hydrogen-bond donors (Lipinski definition) is 2. The van der Waals surface area contributed by atoms with E-state index in [0.29, 0.717) is 0 Å². The second kappa shape index (κ2) is 5.34. The van der Waals surface area contributed by atoms with Crippen molar-refractivity contribution in [3.63, 3.8) is 0 Å². The summed E-state index contributed by atoms with van der Waals surface area (Å²) in [4.78, 5) is 9.04. The number of nitrogens with two attached hydrogens (primary N) is 1. The van der Waals surface area contributed by atoms with Crippen molar-refractivity contribution in [3.8, 4) is 0 Å². The summed E-state index contributed by atoms with van der Waals surface area (Å²) in [5.74, 6) is 5.67. The van der Waals surface area contributed by atoms with E-state index in [4.69, 9.17) is 10.6 Å². The van der Waals surface area contributed by atoms with Crippen LogP contribution in [0.15, 0.2) is 42.3 Å². The number of ether oxygens (including phenoxy) is 1. The van der Waals surface area contributed by atoms with Crippen LogP contribution in [0.25, 0.3) is 11.0 Å². The summed E-state index contributed by atoms with van der Waals surface area (Å²) in [7, 11) is 0. The van der Waals surface area contributed by atoms with Crippen molar-refractivity contribution in [2.24, 2.45) is 5.84 Å². The van der Waals surface area contributed by atoms with Gasteiger partial charge >= 0.3 is 0 Å². The van der Waals surface area contributed by atoms with E-state index in [1.54, 1.807) is 12.5 Å². The molecule has 0 spiro atoms. The zero-order chi connectivity index (χ0) is 13.1. The highest BCUT2D eigenvalue weighted by molar-refractivity contribution is 5.73. The molecule has 1 aromatic heterocycles. The van der Waals surface area contributed by atoms with Gasteiger partial charge in [-0.1, -0.05) is 12.1 Å². The van der Waals surface area contributed by atoms with Crippen LogP contribution in [0, 0.1) is 0 Å². The topological polar surface area (TPSA) is 73.1 Å². The molecule has 98 valence electrons. The Kier molecular flexibility index (Phi) is 3.39. The minimum atomic E-state index is -0.141. The van der Waals surface area contributed by atoms with Gasteiger partial charge in [-0.15, -0.1) is 0 Å². The Morgan fingerprint density at radius 3 is 2.84 bits per heavy atom. The third kappa shape index (κ3) is 2.43. The van der Waals surface area contributed by atoms with E-state index >= 15 is 0 Å². The molecule has 0 saturated carbocycles. The number of rotatable bonds is 3. The monoisotopic (exact) mass is 256 g/mol. The van der Waals surface area contributed by atoms with E-state index in [9.17, 15) is 0 Å². The molecular formula is C14H16N4O. The van der Waals surface area contributed by atoms with Crippen LogP contribution in [0.3, 0.4) is 0 Å². The Bertz CT molecular complexity index is 611. The first kappa shape index (κ1) is 12.1. The Hall–Kier alpha value is -1.98. The van der Waals surface area contributed by atoms with Crippen LogP contribution >= 0.6 is 0 Å². The average Bonchev–Trinajstić information content (AvgIpc) is 2.49. The molecule has 3 rings (SSSR count). The highest BCUT2D eigenvalue weighted by atomic mass is 16.5. The fraction of sp³-hybridized carbons (Fsp3) is 0.286. The van der Waals surface area contributed by atoms with E-state index in [1.165, 1.54) is 0 Å². The SMILES string of the molecule is NNC(C1=COCCC1)c1cnc2ccccc2n1. The van der Waals surface area contributed by atoms with Crippen LogP contribution in [0.5, 0.6) is 0 Å². The summed E-state index contributed by atoms with van der Waals surface area (Å²) in [5, 5.41) is 0. The summed E-state index contributed by atoms with van der Waals surface area (Å²) >= 11 is 0. The average molecular weight is 256 g/mol. The van der Waals surface area contributed by atoms with Gasteiger partial charge in [0.1, 0.15) is 0 Å². The smallest absolute Gasteiger partial charge is 0.0891 e. The maximum Gasteiger partial charge on any atom is 0.0891 e. The molecule has 2 heterocycles. The molecule has 0 radical (unpaired) electrons. The molecule has 0 aliphatic carbocycles. The van der Waals surface area contributed by atoms with Crippen LogP contribution in [0.4, 0.5) is 0 Å². The van der Waals surface area contributed by atoms with E-state index < -0.39 is 0 Å². The predicted molar refractivity (Wildman–Crippen MR) is 72.9 cm³/mol. The van der Waals surface area contributed by atoms with Crippen molar-refractivity contribution in [1.82, 2.24) is 15.4 Å². The lowest BCUT2D eigenvalue weighted by molar-refractivity contribution is 0.219. The highest BCUT2D eigenvalue weighted by Gasteiger charge is 2.19. The van der Waals surface area contributed by atoms with Crippen molar-refractivity contribution in [2.75, 3.05) is 6.61 Å². The minimum absolute atomic E-state index is 0.141. The van der Waals surface area contributed by atoms with Crippen LogP contribution in [0.1, 0.15) is 24.6 Å². The third-order valence-electron chi connectivity index (χ3n) is 3.26. The van der Waals surface area contributed by atoms with Crippen molar-refractivity contribution >= 4 is 11.0 Å². The van der Waals surface area contributed by atoms with Gasteiger partial charge in [0, 0.05) is 0 Å². The standard InChI is InChI=1S/C14H16N4O/c15-18-14(10-4-3-7-19-9-10)13-8-16-11-5-1-2-6-12(11)17-13/h1-2,5-6,8-9,14,18H,3-4,7,15H2. The fourth-order valence-electron chi connectivity index (χ4n) is 2.29. The lowest BCUT2D eigenvalue weighted by Gasteiger charge is -2.22. The molecule has 19 heavy (non-hydrogen) atoms. The maximum absolute atomic E-state index is 5.67. The van der Waals surface area contributed by atoms with Gasteiger partial charge in [0.15, 0.2) is 0 Å². The van der Waals surface area contributed by atoms with Gasteiger partial charge in [0.05, 0.1) is 41.8 Å².